The summed E-state index contributed by atoms with van der Waals surface area (Å²) in [5, 5.41) is 1.05. The minimum absolute atomic E-state index is 1.05. The lowest BCUT2D eigenvalue weighted by molar-refractivity contribution is 1.20. The molecular weight excluding hydrogens is 212 g/mol. The average molecular weight is 225 g/mol. The highest BCUT2D eigenvalue weighted by Crippen LogP contribution is 2.00. The van der Waals surface area contributed by atoms with Crippen molar-refractivity contribution in [1.29, 1.82) is 0 Å². The van der Waals surface area contributed by atoms with Gasteiger partial charge in [0, 0.05) is 5.33 Å². The molecule has 0 nitrogen and oxygen atoms in total. The molecule has 0 amide bonds. The topological polar surface area (TPSA) is 0 Å². The lowest BCUT2D eigenvalue weighted by Gasteiger charge is -1.93. The van der Waals surface area contributed by atoms with E-state index in [-0.39, 0.29) is 0 Å². The summed E-state index contributed by atoms with van der Waals surface area (Å²) in [4.78, 5) is 0. The van der Waals surface area contributed by atoms with Gasteiger partial charge >= 0.3 is 0 Å². The fraction of sp³-hybridized carbons (Fsp3) is 0.273. The van der Waals surface area contributed by atoms with Crippen LogP contribution in [0.25, 0.3) is 0 Å². The molecule has 0 aromatic heterocycles. The third kappa shape index (κ3) is 3.72. The van der Waals surface area contributed by atoms with Crippen molar-refractivity contribution in [2.24, 2.45) is 0 Å². The maximum absolute atomic E-state index is 3.38. The number of hydrogen-bond donors (Lipinski definition) is 0. The molecule has 1 aromatic carbocycles. The Labute approximate surface area is 82.4 Å². The Balaban J connectivity index is 2.33. The molecule has 0 heterocycles. The van der Waals surface area contributed by atoms with Gasteiger partial charge in [-0.25, -0.2) is 0 Å². The number of alkyl halides is 1. The highest BCUT2D eigenvalue weighted by molar-refractivity contribution is 9.09. The number of halogens is 1. The van der Waals surface area contributed by atoms with Crippen LogP contribution in [0.3, 0.4) is 0 Å². The fourth-order valence-corrected chi connectivity index (χ4v) is 1.28. The summed E-state index contributed by atoms with van der Waals surface area (Å²) in [5.74, 6) is 0. The van der Waals surface area contributed by atoms with Gasteiger partial charge in [-0.2, -0.15) is 0 Å². The molecule has 1 heteroatoms. The van der Waals surface area contributed by atoms with Crippen LogP contribution < -0.4 is 0 Å². The van der Waals surface area contributed by atoms with E-state index in [2.05, 4.69) is 52.3 Å². The van der Waals surface area contributed by atoms with Gasteiger partial charge in [0.05, 0.1) is 0 Å². The molecule has 0 N–H and O–H groups in total. The highest BCUT2D eigenvalue weighted by Gasteiger charge is 1.84. The van der Waals surface area contributed by atoms with E-state index in [0.29, 0.717) is 0 Å². The van der Waals surface area contributed by atoms with Gasteiger partial charge in [0.1, 0.15) is 0 Å². The Morgan fingerprint density at radius 3 is 2.50 bits per heavy atom. The van der Waals surface area contributed by atoms with E-state index < -0.39 is 0 Å². The van der Waals surface area contributed by atoms with Crippen molar-refractivity contribution in [3.63, 3.8) is 0 Å². The van der Waals surface area contributed by atoms with E-state index in [4.69, 9.17) is 0 Å². The van der Waals surface area contributed by atoms with Crippen molar-refractivity contribution in [3.05, 3.63) is 48.0 Å². The average Bonchev–Trinajstić information content (AvgIpc) is 2.14. The van der Waals surface area contributed by atoms with E-state index in [9.17, 15) is 0 Å². The first kappa shape index (κ1) is 9.53. The quantitative estimate of drug-likeness (QED) is 0.542. The van der Waals surface area contributed by atoms with Crippen LogP contribution in [-0.2, 0) is 6.42 Å². The van der Waals surface area contributed by atoms with E-state index in [1.165, 1.54) is 5.56 Å². The number of rotatable bonds is 4. The van der Waals surface area contributed by atoms with E-state index in [1.807, 2.05) is 6.07 Å². The van der Waals surface area contributed by atoms with E-state index in [1.54, 1.807) is 0 Å². The third-order valence-electron chi connectivity index (χ3n) is 1.64. The van der Waals surface area contributed by atoms with Gasteiger partial charge in [0.2, 0.25) is 0 Å². The van der Waals surface area contributed by atoms with Crippen LogP contribution in [0.4, 0.5) is 0 Å². The molecule has 12 heavy (non-hydrogen) atoms. The van der Waals surface area contributed by atoms with Crippen LogP contribution in [0.15, 0.2) is 42.5 Å². The second-order valence-electron chi connectivity index (χ2n) is 2.64. The van der Waals surface area contributed by atoms with E-state index in [0.717, 1.165) is 18.2 Å². The van der Waals surface area contributed by atoms with Crippen molar-refractivity contribution in [3.8, 4) is 0 Å². The Morgan fingerprint density at radius 1 is 1.08 bits per heavy atom. The summed E-state index contributed by atoms with van der Waals surface area (Å²) >= 11 is 3.38. The summed E-state index contributed by atoms with van der Waals surface area (Å²) in [7, 11) is 0. The van der Waals surface area contributed by atoms with Crippen LogP contribution in [0.5, 0.6) is 0 Å². The zero-order valence-electron chi connectivity index (χ0n) is 7.04. The largest absolute Gasteiger partial charge is 0.0925 e. The standard InChI is InChI=1S/C11H13Br/c12-10-6-2-5-9-11-7-3-1-4-8-11/h1-5,7-8H,6,9-10H2/b5-2+. The molecule has 0 saturated heterocycles. The van der Waals surface area contributed by atoms with E-state index >= 15 is 0 Å². The molecule has 0 unspecified atom stereocenters. The van der Waals surface area contributed by atoms with Gasteiger partial charge in [-0.1, -0.05) is 58.4 Å². The summed E-state index contributed by atoms with van der Waals surface area (Å²) in [6, 6.07) is 10.5. The molecular formula is C11H13Br. The predicted molar refractivity (Wildman–Crippen MR) is 57.7 cm³/mol. The Kier molecular flexibility index (Phi) is 4.77. The van der Waals surface area contributed by atoms with Crippen molar-refractivity contribution in [2.45, 2.75) is 12.8 Å². The minimum Gasteiger partial charge on any atom is -0.0925 e. The Bertz CT molecular complexity index is 226. The van der Waals surface area contributed by atoms with Gasteiger partial charge in [-0.15, -0.1) is 0 Å². The van der Waals surface area contributed by atoms with Gasteiger partial charge in [-0.3, -0.25) is 0 Å². The second kappa shape index (κ2) is 6.01. The SMILES string of the molecule is BrCC/C=C/Cc1ccccc1. The summed E-state index contributed by atoms with van der Waals surface area (Å²) < 4.78 is 0. The molecule has 0 aliphatic carbocycles. The molecule has 0 saturated carbocycles. The van der Waals surface area contributed by atoms with Gasteiger partial charge in [0.15, 0.2) is 0 Å². The van der Waals surface area contributed by atoms with Crippen LogP contribution in [0.2, 0.25) is 0 Å². The molecule has 0 fully saturated rings. The molecule has 0 atom stereocenters. The second-order valence-corrected chi connectivity index (χ2v) is 3.43. The first-order valence-corrected chi connectivity index (χ1v) is 5.30. The highest BCUT2D eigenvalue weighted by atomic mass is 79.9. The summed E-state index contributed by atoms with van der Waals surface area (Å²) in [6.07, 6.45) is 6.60. The van der Waals surface area contributed by atoms with Gasteiger partial charge in [-0.05, 0) is 18.4 Å². The Hall–Kier alpha value is -0.560. The maximum Gasteiger partial charge on any atom is 0.00659 e. The molecule has 0 aliphatic heterocycles. The zero-order valence-corrected chi connectivity index (χ0v) is 8.63. The zero-order chi connectivity index (χ0) is 8.65. The van der Waals surface area contributed by atoms with Crippen LogP contribution >= 0.6 is 15.9 Å². The first-order chi connectivity index (χ1) is 5.93. The number of allylic oxidation sites excluding steroid dienone is 2. The van der Waals surface area contributed by atoms with Crippen LogP contribution in [0.1, 0.15) is 12.0 Å². The minimum atomic E-state index is 1.05. The first-order valence-electron chi connectivity index (χ1n) is 4.18. The third-order valence-corrected chi connectivity index (χ3v) is 2.10. The normalized spacial score (nSPS) is 10.8. The summed E-state index contributed by atoms with van der Waals surface area (Å²) in [6.45, 7) is 0. The van der Waals surface area contributed by atoms with Crippen LogP contribution in [-0.4, -0.2) is 5.33 Å². The van der Waals surface area contributed by atoms with Crippen molar-refractivity contribution >= 4 is 15.9 Å². The fourth-order valence-electron chi connectivity index (χ4n) is 1.01. The molecule has 0 aliphatic rings. The van der Waals surface area contributed by atoms with Gasteiger partial charge < -0.3 is 0 Å². The van der Waals surface area contributed by atoms with Crippen molar-refractivity contribution < 1.29 is 0 Å². The molecule has 0 spiro atoms. The van der Waals surface area contributed by atoms with Crippen molar-refractivity contribution in [1.82, 2.24) is 0 Å². The molecule has 1 aromatic rings. The molecule has 64 valence electrons. The lowest BCUT2D eigenvalue weighted by Crippen LogP contribution is -1.78. The van der Waals surface area contributed by atoms with Crippen molar-refractivity contribution in [2.75, 3.05) is 5.33 Å². The molecule has 0 radical (unpaired) electrons. The lowest BCUT2D eigenvalue weighted by atomic mass is 10.1. The number of hydrogen-bond acceptors (Lipinski definition) is 0. The van der Waals surface area contributed by atoms with Crippen LogP contribution in [0, 0.1) is 0 Å². The predicted octanol–water partition coefficient (Wildman–Crippen LogP) is 3.57. The molecule has 1 rings (SSSR count). The number of benzene rings is 1. The monoisotopic (exact) mass is 224 g/mol. The smallest absolute Gasteiger partial charge is 0.00659 e. The molecule has 0 bridgehead atoms. The van der Waals surface area contributed by atoms with Gasteiger partial charge in [0.25, 0.3) is 0 Å². The maximum atomic E-state index is 3.38. The summed E-state index contributed by atoms with van der Waals surface area (Å²) in [5.41, 5.74) is 1.38. The Morgan fingerprint density at radius 2 is 1.83 bits per heavy atom.